The molecule has 0 spiro atoms. The Bertz CT molecular complexity index is 987. The molecule has 1 aliphatic rings. The summed E-state index contributed by atoms with van der Waals surface area (Å²) in [6.45, 7) is -2.91. The number of anilines is 1. The SMILES string of the molecule is COc1cccc(C2=C[C@H](c3ccccc3OC(F)F)n3ncnc3N2)c1. The van der Waals surface area contributed by atoms with E-state index < -0.39 is 12.7 Å². The number of para-hydroxylation sites is 1. The summed E-state index contributed by atoms with van der Waals surface area (Å²) in [5.74, 6) is 1.31. The van der Waals surface area contributed by atoms with Gasteiger partial charge in [0.1, 0.15) is 23.9 Å². The van der Waals surface area contributed by atoms with Gasteiger partial charge in [-0.15, -0.1) is 0 Å². The normalized spacial score (nSPS) is 15.7. The first kappa shape index (κ1) is 17.0. The molecule has 138 valence electrons. The highest BCUT2D eigenvalue weighted by molar-refractivity contribution is 5.77. The summed E-state index contributed by atoms with van der Waals surface area (Å²) in [4.78, 5) is 4.22. The monoisotopic (exact) mass is 370 g/mol. The van der Waals surface area contributed by atoms with Crippen LogP contribution in [0.4, 0.5) is 14.7 Å². The molecule has 0 amide bonds. The summed E-state index contributed by atoms with van der Waals surface area (Å²) >= 11 is 0. The fraction of sp³-hybridized carbons (Fsp3) is 0.158. The Morgan fingerprint density at radius 1 is 1.15 bits per heavy atom. The topological polar surface area (TPSA) is 61.2 Å². The highest BCUT2D eigenvalue weighted by atomic mass is 19.3. The predicted octanol–water partition coefficient (Wildman–Crippen LogP) is 3.94. The number of fused-ring (bicyclic) bond motifs is 1. The van der Waals surface area contributed by atoms with Crippen LogP contribution in [0, 0.1) is 0 Å². The van der Waals surface area contributed by atoms with Gasteiger partial charge in [0.2, 0.25) is 5.95 Å². The summed E-state index contributed by atoms with van der Waals surface area (Å²) in [7, 11) is 1.60. The molecule has 0 saturated carbocycles. The van der Waals surface area contributed by atoms with Gasteiger partial charge in [-0.05, 0) is 24.3 Å². The van der Waals surface area contributed by atoms with E-state index in [1.54, 1.807) is 30.0 Å². The number of methoxy groups -OCH3 is 1. The number of hydrogen-bond acceptors (Lipinski definition) is 5. The standard InChI is InChI=1S/C19H16F2N4O2/c1-26-13-6-4-5-12(9-13)15-10-16(25-19(24-15)22-11-23-25)14-7-2-3-8-17(14)27-18(20)21/h2-11,16,18H,1H3,(H,22,23,24)/t16-/m1/s1. The number of alkyl halides is 2. The number of allylic oxidation sites excluding steroid dienone is 1. The lowest BCUT2D eigenvalue weighted by Gasteiger charge is -2.25. The van der Waals surface area contributed by atoms with E-state index >= 15 is 0 Å². The van der Waals surface area contributed by atoms with Gasteiger partial charge in [0.15, 0.2) is 0 Å². The van der Waals surface area contributed by atoms with Crippen molar-refractivity contribution in [3.63, 3.8) is 0 Å². The maximum atomic E-state index is 12.8. The number of rotatable bonds is 5. The molecule has 6 nitrogen and oxygen atoms in total. The molecule has 8 heteroatoms. The van der Waals surface area contributed by atoms with Gasteiger partial charge >= 0.3 is 6.61 Å². The van der Waals surface area contributed by atoms with Crippen LogP contribution in [0.1, 0.15) is 17.2 Å². The highest BCUT2D eigenvalue weighted by Crippen LogP contribution is 2.36. The van der Waals surface area contributed by atoms with Gasteiger partial charge in [0, 0.05) is 16.8 Å². The Hall–Kier alpha value is -3.42. The Balaban J connectivity index is 1.81. The number of nitrogens with one attached hydrogen (secondary N) is 1. The van der Waals surface area contributed by atoms with Crippen molar-refractivity contribution in [2.24, 2.45) is 0 Å². The second-order valence-corrected chi connectivity index (χ2v) is 5.83. The molecule has 1 aromatic heterocycles. The number of nitrogens with zero attached hydrogens (tertiary/aromatic N) is 3. The Morgan fingerprint density at radius 3 is 2.81 bits per heavy atom. The minimum Gasteiger partial charge on any atom is -0.497 e. The Labute approximate surface area is 154 Å². The van der Waals surface area contributed by atoms with Crippen molar-refractivity contribution in [3.8, 4) is 11.5 Å². The average Bonchev–Trinajstić information content (AvgIpc) is 3.16. The van der Waals surface area contributed by atoms with Crippen molar-refractivity contribution < 1.29 is 18.3 Å². The third kappa shape index (κ3) is 3.33. The van der Waals surface area contributed by atoms with Gasteiger partial charge in [-0.3, -0.25) is 0 Å². The van der Waals surface area contributed by atoms with Crippen LogP contribution in [-0.2, 0) is 0 Å². The van der Waals surface area contributed by atoms with Gasteiger partial charge in [-0.2, -0.15) is 18.9 Å². The second kappa shape index (κ2) is 7.06. The zero-order valence-corrected chi connectivity index (χ0v) is 14.3. The predicted molar refractivity (Wildman–Crippen MR) is 95.8 cm³/mol. The minimum atomic E-state index is -2.91. The van der Waals surface area contributed by atoms with Gasteiger partial charge < -0.3 is 14.8 Å². The minimum absolute atomic E-state index is 0.0992. The van der Waals surface area contributed by atoms with E-state index in [1.807, 2.05) is 30.3 Å². The zero-order valence-electron chi connectivity index (χ0n) is 14.3. The van der Waals surface area contributed by atoms with Crippen LogP contribution < -0.4 is 14.8 Å². The molecule has 0 unspecified atom stereocenters. The number of hydrogen-bond donors (Lipinski definition) is 1. The Morgan fingerprint density at radius 2 is 2.00 bits per heavy atom. The quantitative estimate of drug-likeness (QED) is 0.737. The van der Waals surface area contributed by atoms with E-state index in [1.165, 1.54) is 12.4 Å². The molecule has 1 atom stereocenters. The number of benzene rings is 2. The molecule has 1 N–H and O–H groups in total. The molecule has 0 bridgehead atoms. The lowest BCUT2D eigenvalue weighted by molar-refractivity contribution is -0.0506. The summed E-state index contributed by atoms with van der Waals surface area (Å²) in [6.07, 6.45) is 3.30. The first-order chi connectivity index (χ1) is 13.2. The van der Waals surface area contributed by atoms with Gasteiger partial charge in [0.25, 0.3) is 0 Å². The third-order valence-electron chi connectivity index (χ3n) is 4.24. The lowest BCUT2D eigenvalue weighted by Crippen LogP contribution is -2.21. The number of aromatic nitrogens is 3. The van der Waals surface area contributed by atoms with E-state index in [-0.39, 0.29) is 5.75 Å². The van der Waals surface area contributed by atoms with Gasteiger partial charge in [0.05, 0.1) is 7.11 Å². The third-order valence-corrected chi connectivity index (χ3v) is 4.24. The molecule has 2 heterocycles. The molecule has 4 rings (SSSR count). The first-order valence-corrected chi connectivity index (χ1v) is 8.22. The molecular formula is C19H16F2N4O2. The summed E-state index contributed by atoms with van der Waals surface area (Å²) in [5, 5.41) is 7.44. The molecule has 3 aromatic rings. The Kier molecular flexibility index (Phi) is 4.45. The lowest BCUT2D eigenvalue weighted by atomic mass is 10.0. The molecule has 27 heavy (non-hydrogen) atoms. The van der Waals surface area contributed by atoms with Crippen LogP contribution in [0.5, 0.6) is 11.5 Å². The van der Waals surface area contributed by atoms with E-state index in [2.05, 4.69) is 15.4 Å². The molecule has 0 aliphatic carbocycles. The van der Waals surface area contributed by atoms with Crippen LogP contribution in [0.2, 0.25) is 0 Å². The number of halogens is 2. The molecular weight excluding hydrogens is 354 g/mol. The van der Waals surface area contributed by atoms with Crippen molar-refractivity contribution in [2.45, 2.75) is 12.7 Å². The maximum Gasteiger partial charge on any atom is 0.387 e. The molecule has 2 aromatic carbocycles. The molecule has 0 radical (unpaired) electrons. The fourth-order valence-electron chi connectivity index (χ4n) is 3.04. The first-order valence-electron chi connectivity index (χ1n) is 8.22. The summed E-state index contributed by atoms with van der Waals surface area (Å²) < 4.78 is 37.3. The molecule has 0 fully saturated rings. The van der Waals surface area contributed by atoms with Crippen LogP contribution in [0.15, 0.2) is 60.9 Å². The van der Waals surface area contributed by atoms with Crippen LogP contribution in [-0.4, -0.2) is 28.5 Å². The van der Waals surface area contributed by atoms with E-state index in [0.717, 1.165) is 11.3 Å². The summed E-state index contributed by atoms with van der Waals surface area (Å²) in [6, 6.07) is 13.7. The zero-order chi connectivity index (χ0) is 18.8. The molecule has 1 aliphatic heterocycles. The average molecular weight is 370 g/mol. The highest BCUT2D eigenvalue weighted by Gasteiger charge is 2.26. The van der Waals surface area contributed by atoms with Crippen LogP contribution in [0.3, 0.4) is 0 Å². The van der Waals surface area contributed by atoms with Crippen molar-refractivity contribution in [3.05, 3.63) is 72.1 Å². The van der Waals surface area contributed by atoms with Crippen molar-refractivity contribution in [2.75, 3.05) is 12.4 Å². The van der Waals surface area contributed by atoms with E-state index in [0.29, 0.717) is 17.3 Å². The largest absolute Gasteiger partial charge is 0.497 e. The van der Waals surface area contributed by atoms with Crippen molar-refractivity contribution in [1.82, 2.24) is 14.8 Å². The van der Waals surface area contributed by atoms with E-state index in [4.69, 9.17) is 9.47 Å². The van der Waals surface area contributed by atoms with Gasteiger partial charge in [-0.25, -0.2) is 4.68 Å². The second-order valence-electron chi connectivity index (χ2n) is 5.83. The number of ether oxygens (including phenoxy) is 2. The van der Waals surface area contributed by atoms with Crippen molar-refractivity contribution >= 4 is 11.6 Å². The van der Waals surface area contributed by atoms with Crippen molar-refractivity contribution in [1.29, 1.82) is 0 Å². The van der Waals surface area contributed by atoms with Crippen LogP contribution >= 0.6 is 0 Å². The maximum absolute atomic E-state index is 12.8. The fourth-order valence-corrected chi connectivity index (χ4v) is 3.04. The van der Waals surface area contributed by atoms with E-state index in [9.17, 15) is 8.78 Å². The summed E-state index contributed by atoms with van der Waals surface area (Å²) in [5.41, 5.74) is 2.21. The van der Waals surface area contributed by atoms with Crippen LogP contribution in [0.25, 0.3) is 5.70 Å². The smallest absolute Gasteiger partial charge is 0.387 e. The van der Waals surface area contributed by atoms with Gasteiger partial charge in [-0.1, -0.05) is 30.3 Å². The molecule has 0 saturated heterocycles.